The molecule has 0 unspecified atom stereocenters. The van der Waals surface area contributed by atoms with Gasteiger partial charge in [0.1, 0.15) is 0 Å². The van der Waals surface area contributed by atoms with E-state index in [4.69, 9.17) is 8.68 Å². The molecule has 6 rings (SSSR count). The SMILES string of the molecule is CC1=CC(c2cc3cc(C(C)(C)C)cc4c(C5=[O+][B-](F)(F)OC(C)=C5)cc5cc(C(C)(C)C)cc2c5c34)=[O+][B-](F)(F)O1. The number of carbonyl (C=O) groups excluding carboxylic acids is 2. The Balaban J connectivity index is 1.83. The van der Waals surface area contributed by atoms with Gasteiger partial charge in [0, 0.05) is 0 Å². The number of allylic oxidation sites excluding steroid dienone is 4. The van der Waals surface area contributed by atoms with Gasteiger partial charge in [-0.25, -0.2) is 0 Å². The molecule has 0 amide bonds. The van der Waals surface area contributed by atoms with Crippen molar-refractivity contribution in [2.24, 2.45) is 0 Å². The maximum Gasteiger partial charge on any atom is 0.994 e. The zero-order chi connectivity index (χ0) is 30.6. The molecule has 2 heterocycles. The maximum atomic E-state index is 14.6. The predicted octanol–water partition coefficient (Wildman–Crippen LogP) is 9.23. The number of hydrogen-bond acceptors (Lipinski definition) is 2. The first-order valence-corrected chi connectivity index (χ1v) is 14.0. The Morgan fingerprint density at radius 2 is 0.929 bits per heavy atom. The van der Waals surface area contributed by atoms with Crippen LogP contribution in [0.5, 0.6) is 0 Å². The van der Waals surface area contributed by atoms with Crippen molar-refractivity contribution >= 4 is 58.1 Å². The molecule has 0 fully saturated rings. The third kappa shape index (κ3) is 4.84. The summed E-state index contributed by atoms with van der Waals surface area (Å²) in [7, 11) is -9.10. The molecular formula is C32H32B2F4O4. The molecule has 0 aliphatic carbocycles. The molecule has 0 saturated carbocycles. The molecule has 4 aromatic rings. The van der Waals surface area contributed by atoms with E-state index in [9.17, 15) is 17.3 Å². The van der Waals surface area contributed by atoms with Gasteiger partial charge in [0.15, 0.2) is 0 Å². The minimum absolute atomic E-state index is 0.0168. The zero-order valence-corrected chi connectivity index (χ0v) is 24.9. The Hall–Kier alpha value is -3.81. The summed E-state index contributed by atoms with van der Waals surface area (Å²) in [4.78, 5) is 0. The van der Waals surface area contributed by atoms with Crippen LogP contribution < -0.4 is 0 Å². The van der Waals surface area contributed by atoms with Gasteiger partial charge >= 0.3 is 14.2 Å². The second kappa shape index (κ2) is 8.85. The lowest BCUT2D eigenvalue weighted by atomic mass is 9.78. The maximum absolute atomic E-state index is 14.6. The van der Waals surface area contributed by atoms with Crippen molar-refractivity contribution in [3.63, 3.8) is 0 Å². The quantitative estimate of drug-likeness (QED) is 0.103. The van der Waals surface area contributed by atoms with E-state index in [-0.39, 0.29) is 33.9 Å². The Kier molecular flexibility index (Phi) is 5.97. The van der Waals surface area contributed by atoms with Gasteiger partial charge in [-0.05, 0) is 92.4 Å². The van der Waals surface area contributed by atoms with E-state index in [0.29, 0.717) is 11.1 Å². The van der Waals surface area contributed by atoms with Crippen LogP contribution in [0.3, 0.4) is 0 Å². The monoisotopic (exact) mass is 578 g/mol. The Morgan fingerprint density at radius 1 is 0.571 bits per heavy atom. The average Bonchev–Trinajstić information content (AvgIpc) is 2.82. The van der Waals surface area contributed by atoms with Crippen molar-refractivity contribution in [1.29, 1.82) is 0 Å². The van der Waals surface area contributed by atoms with Crippen LogP contribution in [-0.4, -0.2) is 25.8 Å². The lowest BCUT2D eigenvalue weighted by Crippen LogP contribution is -2.31. The van der Waals surface area contributed by atoms with Gasteiger partial charge in [0.05, 0.1) is 34.8 Å². The summed E-state index contributed by atoms with van der Waals surface area (Å²) in [6, 6.07) is 11.8. The molecule has 0 radical (unpaired) electrons. The lowest BCUT2D eigenvalue weighted by Gasteiger charge is -2.26. The fourth-order valence-corrected chi connectivity index (χ4v) is 5.84. The van der Waals surface area contributed by atoms with Gasteiger partial charge in [-0.1, -0.05) is 53.7 Å². The van der Waals surface area contributed by atoms with E-state index in [1.807, 2.05) is 36.4 Å². The first-order valence-electron chi connectivity index (χ1n) is 14.0. The van der Waals surface area contributed by atoms with E-state index in [0.717, 1.165) is 43.4 Å². The van der Waals surface area contributed by atoms with Gasteiger partial charge in [-0.3, -0.25) is 0 Å². The summed E-state index contributed by atoms with van der Waals surface area (Å²) in [5.41, 5.74) is 2.28. The molecule has 0 spiro atoms. The van der Waals surface area contributed by atoms with Crippen molar-refractivity contribution in [3.8, 4) is 0 Å². The molecule has 218 valence electrons. The van der Waals surface area contributed by atoms with E-state index in [1.54, 1.807) is 0 Å². The van der Waals surface area contributed by atoms with Gasteiger partial charge in [0.25, 0.3) is 11.6 Å². The fraction of sp³-hybridized carbons (Fsp3) is 0.312. The average molecular weight is 578 g/mol. The van der Waals surface area contributed by atoms with Gasteiger partial charge in [0.2, 0.25) is 0 Å². The van der Waals surface area contributed by atoms with Crippen LogP contribution in [0.25, 0.3) is 32.3 Å². The molecule has 0 aromatic heterocycles. The first-order chi connectivity index (χ1) is 19.3. The lowest BCUT2D eigenvalue weighted by molar-refractivity contribution is -0.190. The second-order valence-corrected chi connectivity index (χ2v) is 13.4. The van der Waals surface area contributed by atoms with Crippen molar-refractivity contribution in [2.45, 2.75) is 66.2 Å². The second-order valence-electron chi connectivity index (χ2n) is 13.4. The van der Waals surface area contributed by atoms with Gasteiger partial charge < -0.3 is 35.3 Å². The topological polar surface area (TPSA) is 41.1 Å². The summed E-state index contributed by atoms with van der Waals surface area (Å²) in [5, 5.41) is 4.62. The van der Waals surface area contributed by atoms with Crippen LogP contribution in [0.1, 0.15) is 86.3 Å². The highest BCUT2D eigenvalue weighted by Gasteiger charge is 2.53. The fourth-order valence-electron chi connectivity index (χ4n) is 5.84. The summed E-state index contributed by atoms with van der Waals surface area (Å²) in [6.45, 7) is 15.3. The van der Waals surface area contributed by atoms with E-state index in [1.165, 1.54) is 26.0 Å². The molecule has 2 aliphatic heterocycles. The molecule has 0 N–H and O–H groups in total. The van der Waals surface area contributed by atoms with E-state index < -0.39 is 14.2 Å². The standard InChI is InChI=1S/C32H32B2F4O4/c1-17-9-27(41-33(35,36)39-17)23-13-19-11-22(32(6,7)8)16-26-24(28-10-18(2)40-34(37,38)42-28)14-20-12-21(31(3,4)5)15-25(23)29(20)30(19)26/h9-16H,1-8H3. The number of ketones is 2. The highest BCUT2D eigenvalue weighted by atomic mass is 19.3. The molecule has 0 saturated heterocycles. The largest absolute Gasteiger partial charge is 0.994 e. The highest BCUT2D eigenvalue weighted by molar-refractivity contribution is 6.52. The molecular weight excluding hydrogens is 546 g/mol. The van der Waals surface area contributed by atoms with Crippen LogP contribution in [0.4, 0.5) is 17.3 Å². The van der Waals surface area contributed by atoms with E-state index >= 15 is 0 Å². The highest BCUT2D eigenvalue weighted by Crippen LogP contribution is 2.44. The summed E-state index contributed by atoms with van der Waals surface area (Å²) >= 11 is 0. The summed E-state index contributed by atoms with van der Waals surface area (Å²) < 4.78 is 77.9. The summed E-state index contributed by atoms with van der Waals surface area (Å²) in [6.07, 6.45) is 2.96. The van der Waals surface area contributed by atoms with Crippen LogP contribution >= 0.6 is 0 Å². The van der Waals surface area contributed by atoms with Crippen molar-refractivity contribution in [2.75, 3.05) is 0 Å². The predicted molar refractivity (Wildman–Crippen MR) is 162 cm³/mol. The molecule has 0 bridgehead atoms. The minimum Gasteiger partial charge on any atom is -0.572 e. The molecule has 4 aromatic carbocycles. The number of halogens is 4. The van der Waals surface area contributed by atoms with Crippen LogP contribution in [0.2, 0.25) is 0 Å². The van der Waals surface area contributed by atoms with Crippen molar-refractivity contribution in [1.82, 2.24) is 0 Å². The molecule has 0 atom stereocenters. The van der Waals surface area contributed by atoms with Crippen LogP contribution in [-0.2, 0) is 20.1 Å². The number of rotatable bonds is 2. The smallest absolute Gasteiger partial charge is 0.572 e. The Bertz CT molecular complexity index is 1790. The van der Waals surface area contributed by atoms with Gasteiger partial charge in [-0.15, -0.1) is 0 Å². The third-order valence-corrected chi connectivity index (χ3v) is 7.87. The Morgan fingerprint density at radius 3 is 1.24 bits per heavy atom. The molecule has 2 aliphatic rings. The molecule has 42 heavy (non-hydrogen) atoms. The minimum atomic E-state index is -4.55. The Labute approximate surface area is 241 Å². The van der Waals surface area contributed by atoms with Gasteiger partial charge in [-0.2, -0.15) is 0 Å². The van der Waals surface area contributed by atoms with E-state index in [2.05, 4.69) is 50.9 Å². The number of benzene rings is 4. The normalized spacial score (nSPS) is 18.9. The van der Waals surface area contributed by atoms with Crippen molar-refractivity contribution < 1.29 is 35.3 Å². The van der Waals surface area contributed by atoms with Crippen molar-refractivity contribution in [3.05, 3.63) is 82.3 Å². The zero-order valence-electron chi connectivity index (χ0n) is 24.9. The van der Waals surface area contributed by atoms with Crippen LogP contribution in [0, 0.1) is 0 Å². The first kappa shape index (κ1) is 28.3. The number of hydrogen-bond donors (Lipinski definition) is 0. The molecule has 4 nitrogen and oxygen atoms in total. The third-order valence-electron chi connectivity index (χ3n) is 7.87. The molecule has 10 heteroatoms. The van der Waals surface area contributed by atoms with Crippen LogP contribution in [0.15, 0.2) is 60.1 Å². The summed E-state index contributed by atoms with van der Waals surface area (Å²) in [5.74, 6) is 0.141.